The van der Waals surface area contributed by atoms with Gasteiger partial charge in [-0.05, 0) is 32.7 Å². The number of methoxy groups -OCH3 is 1. The van der Waals surface area contributed by atoms with Crippen LogP contribution in [0.3, 0.4) is 0 Å². The van der Waals surface area contributed by atoms with Crippen molar-refractivity contribution < 1.29 is 4.74 Å². The summed E-state index contributed by atoms with van der Waals surface area (Å²) < 4.78 is 6.98. The van der Waals surface area contributed by atoms with E-state index >= 15 is 0 Å². The van der Waals surface area contributed by atoms with Crippen molar-refractivity contribution in [2.45, 2.75) is 38.8 Å². The van der Waals surface area contributed by atoms with Gasteiger partial charge in [0.05, 0.1) is 18.3 Å². The number of hydrogen-bond acceptors (Lipinski definition) is 4. The Morgan fingerprint density at radius 3 is 3.00 bits per heavy atom. The zero-order valence-electron chi connectivity index (χ0n) is 9.52. The van der Waals surface area contributed by atoms with Crippen molar-refractivity contribution in [1.29, 1.82) is 0 Å². The lowest BCUT2D eigenvalue weighted by Crippen LogP contribution is -2.14. The Kier molecular flexibility index (Phi) is 5.28. The summed E-state index contributed by atoms with van der Waals surface area (Å²) in [6.07, 6.45) is 5.23. The number of hydrogen-bond donors (Lipinski definition) is 1. The molecular formula is C10H20N4O. The van der Waals surface area contributed by atoms with Gasteiger partial charge in [-0.2, -0.15) is 0 Å². The number of aryl methyl sites for hydroxylation is 1. The molecule has 86 valence electrons. The monoisotopic (exact) mass is 212 g/mol. The first kappa shape index (κ1) is 12.1. The van der Waals surface area contributed by atoms with Crippen molar-refractivity contribution >= 4 is 0 Å². The van der Waals surface area contributed by atoms with Crippen LogP contribution in [0.25, 0.3) is 0 Å². The zero-order valence-corrected chi connectivity index (χ0v) is 9.52. The fraction of sp³-hybridized carbons (Fsp3) is 0.800. The molecular weight excluding hydrogens is 192 g/mol. The Hall–Kier alpha value is -0.940. The molecule has 0 aliphatic heterocycles. The number of aromatic nitrogens is 3. The summed E-state index contributed by atoms with van der Waals surface area (Å²) in [4.78, 5) is 0. The minimum absolute atomic E-state index is 0.170. The summed E-state index contributed by atoms with van der Waals surface area (Å²) in [6, 6.07) is 0. The van der Waals surface area contributed by atoms with Gasteiger partial charge < -0.3 is 10.5 Å². The first-order valence-electron chi connectivity index (χ1n) is 5.38. The van der Waals surface area contributed by atoms with Crippen LogP contribution in [-0.2, 0) is 17.7 Å². The van der Waals surface area contributed by atoms with Crippen LogP contribution in [0.4, 0.5) is 0 Å². The number of ether oxygens (including phenoxy) is 1. The smallest absolute Gasteiger partial charge is 0.0827 e. The summed E-state index contributed by atoms with van der Waals surface area (Å²) in [7, 11) is 1.70. The number of unbranched alkanes of at least 4 members (excludes halogenated alkanes) is 1. The van der Waals surface area contributed by atoms with E-state index in [2.05, 4.69) is 10.3 Å². The molecule has 0 spiro atoms. The molecule has 0 fully saturated rings. The second-order valence-corrected chi connectivity index (χ2v) is 3.72. The first-order chi connectivity index (χ1) is 7.26. The van der Waals surface area contributed by atoms with E-state index in [-0.39, 0.29) is 6.10 Å². The topological polar surface area (TPSA) is 66.0 Å². The predicted molar refractivity (Wildman–Crippen MR) is 58.5 cm³/mol. The van der Waals surface area contributed by atoms with E-state index in [1.54, 1.807) is 7.11 Å². The quantitative estimate of drug-likeness (QED) is 0.672. The highest BCUT2D eigenvalue weighted by molar-refractivity contribution is 4.92. The standard InChI is InChI=1S/C10H20N4O/c1-9(15-2)7-14-8-10(12-13-14)5-3-4-6-11/h8-9H,3-7,11H2,1-2H3. The molecule has 1 atom stereocenters. The Morgan fingerprint density at radius 1 is 1.53 bits per heavy atom. The average molecular weight is 212 g/mol. The molecule has 1 unspecified atom stereocenters. The van der Waals surface area contributed by atoms with Crippen molar-refractivity contribution in [2.75, 3.05) is 13.7 Å². The second-order valence-electron chi connectivity index (χ2n) is 3.72. The van der Waals surface area contributed by atoms with E-state index in [4.69, 9.17) is 10.5 Å². The third kappa shape index (κ3) is 4.40. The van der Waals surface area contributed by atoms with Crippen molar-refractivity contribution in [3.63, 3.8) is 0 Å². The summed E-state index contributed by atoms with van der Waals surface area (Å²) >= 11 is 0. The molecule has 1 heterocycles. The molecule has 0 saturated carbocycles. The van der Waals surface area contributed by atoms with Crippen LogP contribution in [0, 0.1) is 0 Å². The van der Waals surface area contributed by atoms with E-state index in [0.29, 0.717) is 0 Å². The maximum atomic E-state index is 5.42. The molecule has 5 heteroatoms. The Bertz CT molecular complexity index is 274. The molecule has 5 nitrogen and oxygen atoms in total. The molecule has 0 radical (unpaired) electrons. The van der Waals surface area contributed by atoms with E-state index in [9.17, 15) is 0 Å². The molecule has 1 aromatic rings. The lowest BCUT2D eigenvalue weighted by molar-refractivity contribution is 0.0993. The second kappa shape index (κ2) is 6.53. The summed E-state index contributed by atoms with van der Waals surface area (Å²) in [5, 5.41) is 8.13. The molecule has 15 heavy (non-hydrogen) atoms. The van der Waals surface area contributed by atoms with Gasteiger partial charge in [-0.15, -0.1) is 5.10 Å². The molecule has 1 rings (SSSR count). The normalized spacial score (nSPS) is 13.0. The fourth-order valence-corrected chi connectivity index (χ4v) is 1.33. The van der Waals surface area contributed by atoms with Gasteiger partial charge in [-0.25, -0.2) is 4.68 Å². The van der Waals surface area contributed by atoms with Crippen molar-refractivity contribution in [1.82, 2.24) is 15.0 Å². The SMILES string of the molecule is COC(C)Cn1cc(CCCCN)nn1. The maximum Gasteiger partial charge on any atom is 0.0827 e. The highest BCUT2D eigenvalue weighted by Crippen LogP contribution is 2.01. The van der Waals surface area contributed by atoms with Crippen molar-refractivity contribution in [3.05, 3.63) is 11.9 Å². The predicted octanol–water partition coefficient (Wildman–Crippen LogP) is 0.594. The number of nitrogens with two attached hydrogens (primary N) is 1. The summed E-state index contributed by atoms with van der Waals surface area (Å²) in [5.74, 6) is 0. The first-order valence-corrected chi connectivity index (χ1v) is 5.38. The Labute approximate surface area is 90.6 Å². The van der Waals surface area contributed by atoms with Gasteiger partial charge in [0, 0.05) is 13.3 Å². The molecule has 0 aliphatic carbocycles. The zero-order chi connectivity index (χ0) is 11.1. The van der Waals surface area contributed by atoms with Crippen LogP contribution in [-0.4, -0.2) is 34.8 Å². The van der Waals surface area contributed by atoms with Gasteiger partial charge in [0.2, 0.25) is 0 Å². The van der Waals surface area contributed by atoms with Crippen molar-refractivity contribution in [3.8, 4) is 0 Å². The Morgan fingerprint density at radius 2 is 2.33 bits per heavy atom. The lowest BCUT2D eigenvalue weighted by atomic mass is 10.2. The molecule has 0 saturated heterocycles. The van der Waals surface area contributed by atoms with Crippen LogP contribution in [0.2, 0.25) is 0 Å². The lowest BCUT2D eigenvalue weighted by Gasteiger charge is -2.07. The van der Waals surface area contributed by atoms with Gasteiger partial charge in [0.15, 0.2) is 0 Å². The van der Waals surface area contributed by atoms with Gasteiger partial charge in [0.1, 0.15) is 0 Å². The van der Waals surface area contributed by atoms with E-state index < -0.39 is 0 Å². The van der Waals surface area contributed by atoms with Crippen LogP contribution >= 0.6 is 0 Å². The molecule has 0 aromatic carbocycles. The van der Waals surface area contributed by atoms with Crippen molar-refractivity contribution in [2.24, 2.45) is 5.73 Å². The van der Waals surface area contributed by atoms with E-state index in [1.165, 1.54) is 0 Å². The van der Waals surface area contributed by atoms with Crippen LogP contribution < -0.4 is 5.73 Å². The molecule has 0 amide bonds. The Balaban J connectivity index is 2.35. The van der Waals surface area contributed by atoms with Gasteiger partial charge in [-0.1, -0.05) is 5.21 Å². The molecule has 2 N–H and O–H groups in total. The molecule has 0 bridgehead atoms. The van der Waals surface area contributed by atoms with Crippen LogP contribution in [0.5, 0.6) is 0 Å². The largest absolute Gasteiger partial charge is 0.380 e. The fourth-order valence-electron chi connectivity index (χ4n) is 1.33. The maximum absolute atomic E-state index is 5.42. The molecule has 0 aliphatic rings. The van der Waals surface area contributed by atoms with Gasteiger partial charge in [0.25, 0.3) is 0 Å². The number of rotatable bonds is 7. The minimum Gasteiger partial charge on any atom is -0.380 e. The third-order valence-corrected chi connectivity index (χ3v) is 2.32. The summed E-state index contributed by atoms with van der Waals surface area (Å²) in [5.41, 5.74) is 6.46. The van der Waals surface area contributed by atoms with Gasteiger partial charge in [-0.3, -0.25) is 0 Å². The van der Waals surface area contributed by atoms with E-state index in [0.717, 1.165) is 38.0 Å². The molecule has 1 aromatic heterocycles. The number of nitrogens with zero attached hydrogens (tertiary/aromatic N) is 3. The summed E-state index contributed by atoms with van der Waals surface area (Å²) in [6.45, 7) is 3.50. The third-order valence-electron chi connectivity index (χ3n) is 2.32. The van der Waals surface area contributed by atoms with Crippen LogP contribution in [0.15, 0.2) is 6.20 Å². The average Bonchev–Trinajstić information content (AvgIpc) is 2.66. The van der Waals surface area contributed by atoms with Gasteiger partial charge >= 0.3 is 0 Å². The van der Waals surface area contributed by atoms with E-state index in [1.807, 2.05) is 17.8 Å². The highest BCUT2D eigenvalue weighted by Gasteiger charge is 2.04. The minimum atomic E-state index is 0.170. The van der Waals surface area contributed by atoms with Crippen LogP contribution in [0.1, 0.15) is 25.5 Å². The highest BCUT2D eigenvalue weighted by atomic mass is 16.5.